The molecule has 0 bridgehead atoms. The molecule has 9 nitrogen and oxygen atoms in total. The number of nitrogens with one attached hydrogen (secondary N) is 3. The van der Waals surface area contributed by atoms with E-state index in [2.05, 4.69) is 41.4 Å². The van der Waals surface area contributed by atoms with Crippen molar-refractivity contribution in [1.29, 1.82) is 0 Å². The van der Waals surface area contributed by atoms with Crippen LogP contribution in [0.2, 0.25) is 0 Å². The van der Waals surface area contributed by atoms with E-state index in [4.69, 9.17) is 4.74 Å². The number of amides is 3. The topological polar surface area (TPSA) is 101 Å². The van der Waals surface area contributed by atoms with E-state index in [0.29, 0.717) is 29.5 Å². The third kappa shape index (κ3) is 6.21. The molecule has 0 aliphatic carbocycles. The molecular weight excluding hydrogens is 524 g/mol. The van der Waals surface area contributed by atoms with Gasteiger partial charge in [-0.05, 0) is 68.2 Å². The van der Waals surface area contributed by atoms with Gasteiger partial charge in [-0.2, -0.15) is 0 Å². The van der Waals surface area contributed by atoms with Crippen molar-refractivity contribution >= 4 is 56.0 Å². The molecule has 0 aliphatic heterocycles. The second-order valence-corrected chi connectivity index (χ2v) is 9.36. The van der Waals surface area contributed by atoms with Crippen LogP contribution in [0.1, 0.15) is 5.56 Å². The number of rotatable bonds is 8. The zero-order valence-corrected chi connectivity index (χ0v) is 21.8. The highest BCUT2D eigenvalue weighted by Gasteiger charge is 2.12. The maximum absolute atomic E-state index is 12.8. The molecule has 0 fully saturated rings. The summed E-state index contributed by atoms with van der Waals surface area (Å²) in [6, 6.07) is 16.5. The molecule has 4 aromatic rings. The number of methoxy groups -OCH3 is 1. The molecule has 0 saturated heterocycles. The average Bonchev–Trinajstić information content (AvgIpc) is 3.22. The van der Waals surface area contributed by atoms with Crippen molar-refractivity contribution < 1.29 is 14.3 Å². The van der Waals surface area contributed by atoms with Gasteiger partial charge in [-0.25, -0.2) is 9.78 Å². The fourth-order valence-electron chi connectivity index (χ4n) is 3.83. The van der Waals surface area contributed by atoms with E-state index in [9.17, 15) is 9.59 Å². The zero-order valence-electron chi connectivity index (χ0n) is 20.2. The summed E-state index contributed by atoms with van der Waals surface area (Å²) in [6.45, 7) is 0.860. The van der Waals surface area contributed by atoms with Gasteiger partial charge in [0.25, 0.3) is 0 Å². The van der Waals surface area contributed by atoms with E-state index in [1.165, 1.54) is 0 Å². The number of carbonyl (C=O) groups is 2. The maximum atomic E-state index is 12.8. The highest BCUT2D eigenvalue weighted by atomic mass is 79.9. The molecule has 186 valence electrons. The van der Waals surface area contributed by atoms with E-state index in [-0.39, 0.29) is 18.5 Å². The number of carbonyl (C=O) groups excluding carboxylic acids is 2. The van der Waals surface area contributed by atoms with Gasteiger partial charge in [0.1, 0.15) is 11.6 Å². The number of fused-ring (bicyclic) bond motifs is 1. The molecule has 36 heavy (non-hydrogen) atoms. The molecule has 0 aliphatic rings. The molecule has 10 heteroatoms. The van der Waals surface area contributed by atoms with E-state index in [0.717, 1.165) is 20.9 Å². The number of anilines is 3. The van der Waals surface area contributed by atoms with Gasteiger partial charge >= 0.3 is 6.03 Å². The van der Waals surface area contributed by atoms with Gasteiger partial charge in [-0.15, -0.1) is 0 Å². The smallest absolute Gasteiger partial charge is 0.323 e. The fraction of sp³-hybridized carbons (Fsp3) is 0.192. The first-order chi connectivity index (χ1) is 17.3. The Morgan fingerprint density at radius 3 is 2.61 bits per heavy atom. The number of pyridine rings is 1. The van der Waals surface area contributed by atoms with Gasteiger partial charge in [0.15, 0.2) is 0 Å². The number of urea groups is 1. The Hall–Kier alpha value is -3.89. The Morgan fingerprint density at radius 1 is 1.03 bits per heavy atom. The average molecular weight is 551 g/mol. The van der Waals surface area contributed by atoms with Crippen LogP contribution in [0.25, 0.3) is 10.9 Å². The number of benzene rings is 2. The Balaban J connectivity index is 1.49. The third-order valence-electron chi connectivity index (χ3n) is 5.38. The molecule has 0 atom stereocenters. The van der Waals surface area contributed by atoms with Crippen molar-refractivity contribution in [3.05, 3.63) is 77.0 Å². The Morgan fingerprint density at radius 2 is 1.83 bits per heavy atom. The minimum Gasteiger partial charge on any atom is -0.495 e. The minimum atomic E-state index is -0.376. The molecular formula is C26H27BrN6O3. The number of aromatic nitrogens is 2. The quantitative estimate of drug-likeness (QED) is 0.286. The van der Waals surface area contributed by atoms with Gasteiger partial charge in [0, 0.05) is 28.8 Å². The Bertz CT molecular complexity index is 1400. The molecule has 2 aromatic carbocycles. The van der Waals surface area contributed by atoms with Crippen LogP contribution in [0.15, 0.2) is 71.5 Å². The van der Waals surface area contributed by atoms with Crippen LogP contribution < -0.4 is 20.7 Å². The lowest BCUT2D eigenvalue weighted by Gasteiger charge is -2.13. The van der Waals surface area contributed by atoms with Crippen molar-refractivity contribution in [2.45, 2.75) is 6.54 Å². The van der Waals surface area contributed by atoms with Crippen LogP contribution in [0.3, 0.4) is 0 Å². The van der Waals surface area contributed by atoms with E-state index < -0.39 is 0 Å². The number of hydrogen-bond acceptors (Lipinski definition) is 5. The predicted octanol–water partition coefficient (Wildman–Crippen LogP) is 5.00. The minimum absolute atomic E-state index is 0.120. The van der Waals surface area contributed by atoms with Crippen LogP contribution in [-0.2, 0) is 11.3 Å². The van der Waals surface area contributed by atoms with Crippen LogP contribution in [-0.4, -0.2) is 54.1 Å². The number of hydrogen-bond donors (Lipinski definition) is 3. The van der Waals surface area contributed by atoms with Crippen molar-refractivity contribution in [3.63, 3.8) is 0 Å². The van der Waals surface area contributed by atoms with Crippen LogP contribution >= 0.6 is 15.9 Å². The number of likely N-dealkylation sites (N-methyl/N-ethyl adjacent to an activating group) is 1. The molecule has 3 amide bonds. The second kappa shape index (κ2) is 11.2. The first-order valence-electron chi connectivity index (χ1n) is 11.2. The first kappa shape index (κ1) is 25.2. The number of halogens is 1. The Labute approximate surface area is 217 Å². The molecule has 0 unspecified atom stereocenters. The second-order valence-electron chi connectivity index (χ2n) is 8.44. The lowest BCUT2D eigenvalue weighted by Crippen LogP contribution is -2.27. The summed E-state index contributed by atoms with van der Waals surface area (Å²) in [5.74, 6) is 0.954. The highest BCUT2D eigenvalue weighted by molar-refractivity contribution is 9.10. The highest BCUT2D eigenvalue weighted by Crippen LogP contribution is 2.29. The Kier molecular flexibility index (Phi) is 7.87. The predicted molar refractivity (Wildman–Crippen MR) is 146 cm³/mol. The summed E-state index contributed by atoms with van der Waals surface area (Å²) in [7, 11) is 5.23. The van der Waals surface area contributed by atoms with Gasteiger partial charge in [0.05, 0.1) is 30.5 Å². The number of ether oxygens (including phenoxy) is 1. The molecule has 3 N–H and O–H groups in total. The van der Waals surface area contributed by atoms with Crippen molar-refractivity contribution in [2.75, 3.05) is 43.7 Å². The molecule has 0 saturated carbocycles. The van der Waals surface area contributed by atoms with Gasteiger partial charge in [-0.3, -0.25) is 4.79 Å². The molecule has 2 aromatic heterocycles. The van der Waals surface area contributed by atoms with Crippen LogP contribution in [0.4, 0.5) is 22.0 Å². The van der Waals surface area contributed by atoms with E-state index >= 15 is 0 Å². The molecule has 0 radical (unpaired) electrons. The SMILES string of the molecule is COc1ccc(Br)cc1NC(=O)Nc1cccc2c1ccn2Cc1ccnc(NC(=O)CN(C)C)c1. The van der Waals surface area contributed by atoms with Crippen LogP contribution in [0.5, 0.6) is 5.75 Å². The summed E-state index contributed by atoms with van der Waals surface area (Å²) in [6.07, 6.45) is 3.65. The van der Waals surface area contributed by atoms with Crippen LogP contribution in [0, 0.1) is 0 Å². The van der Waals surface area contributed by atoms with Crippen molar-refractivity contribution in [1.82, 2.24) is 14.5 Å². The first-order valence-corrected chi connectivity index (χ1v) is 12.0. The summed E-state index contributed by atoms with van der Waals surface area (Å²) in [5, 5.41) is 9.50. The fourth-order valence-corrected chi connectivity index (χ4v) is 4.19. The van der Waals surface area contributed by atoms with Gasteiger partial charge < -0.3 is 30.2 Å². The normalized spacial score (nSPS) is 10.9. The third-order valence-corrected chi connectivity index (χ3v) is 5.87. The molecule has 2 heterocycles. The lowest BCUT2D eigenvalue weighted by atomic mass is 10.2. The summed E-state index contributed by atoms with van der Waals surface area (Å²) in [5.41, 5.74) is 3.19. The van der Waals surface area contributed by atoms with E-state index in [1.807, 2.05) is 62.8 Å². The standard InChI is InChI=1S/C26H27BrN6O3/c1-32(2)16-25(34)31-24-13-17(9-11-28-24)15-33-12-10-19-20(5-4-6-22(19)33)29-26(35)30-21-14-18(27)7-8-23(21)36-3/h4-14H,15-16H2,1-3H3,(H,28,31,34)(H2,29,30,35). The van der Waals surface area contributed by atoms with Crippen molar-refractivity contribution in [2.24, 2.45) is 0 Å². The van der Waals surface area contributed by atoms with Crippen molar-refractivity contribution in [3.8, 4) is 5.75 Å². The molecule has 4 rings (SSSR count). The maximum Gasteiger partial charge on any atom is 0.323 e. The zero-order chi connectivity index (χ0) is 25.7. The number of nitrogens with zero attached hydrogens (tertiary/aromatic N) is 3. The van der Waals surface area contributed by atoms with Gasteiger partial charge in [-0.1, -0.05) is 22.0 Å². The van der Waals surface area contributed by atoms with Gasteiger partial charge in [0.2, 0.25) is 5.91 Å². The largest absolute Gasteiger partial charge is 0.495 e. The summed E-state index contributed by atoms with van der Waals surface area (Å²) in [4.78, 5) is 30.9. The van der Waals surface area contributed by atoms with E-state index in [1.54, 1.807) is 30.3 Å². The molecule has 0 spiro atoms. The summed E-state index contributed by atoms with van der Waals surface area (Å²) >= 11 is 3.41. The summed E-state index contributed by atoms with van der Waals surface area (Å²) < 4.78 is 8.24. The monoisotopic (exact) mass is 550 g/mol. The lowest BCUT2D eigenvalue weighted by molar-refractivity contribution is -0.116.